The number of likely N-dealkylation sites (tertiary alicyclic amines) is 1. The molecule has 6 heteroatoms. The first kappa shape index (κ1) is 20.5. The van der Waals surface area contributed by atoms with E-state index >= 15 is 0 Å². The Morgan fingerprint density at radius 3 is 2.69 bits per heavy atom. The number of nitrogens with one attached hydrogen (secondary N) is 1. The predicted octanol–water partition coefficient (Wildman–Crippen LogP) is 4.91. The molecule has 2 aliphatic heterocycles. The molecular weight excluding hydrogens is 452 g/mol. The van der Waals surface area contributed by atoms with Gasteiger partial charge in [0.2, 0.25) is 0 Å². The first-order valence-corrected chi connectivity index (χ1v) is 11.1. The fraction of sp³-hybridized carbons (Fsp3) is 0.348. The Bertz CT molecular complexity index is 906. The minimum Gasteiger partial charge on any atom is -0.488 e. The molecule has 29 heavy (non-hydrogen) atoms. The quantitative estimate of drug-likeness (QED) is 0.668. The Morgan fingerprint density at radius 2 is 1.93 bits per heavy atom. The van der Waals surface area contributed by atoms with Crippen LogP contribution in [0.3, 0.4) is 0 Å². The number of benzene rings is 2. The van der Waals surface area contributed by atoms with Crippen LogP contribution in [0.2, 0.25) is 5.02 Å². The summed E-state index contributed by atoms with van der Waals surface area (Å²) in [6, 6.07) is 13.9. The van der Waals surface area contributed by atoms with Gasteiger partial charge >= 0.3 is 0 Å². The van der Waals surface area contributed by atoms with Gasteiger partial charge < -0.3 is 10.1 Å². The standard InChI is InChI=1S/C23H24BrClN2O2/c24-20-3-6-22-18(12-20)11-19(15-29-22)23(28)26-13-16-7-9-27(10-8-16)14-17-1-4-21(25)5-2-17/h1-6,11-12,16H,7-10,13-15H2,(H,26,28). The molecule has 0 unspecified atom stereocenters. The molecule has 4 nitrogen and oxygen atoms in total. The summed E-state index contributed by atoms with van der Waals surface area (Å²) in [6.45, 7) is 4.10. The molecule has 2 heterocycles. The molecule has 1 N–H and O–H groups in total. The third-order valence-electron chi connectivity index (χ3n) is 5.55. The monoisotopic (exact) mass is 474 g/mol. The summed E-state index contributed by atoms with van der Waals surface area (Å²) < 4.78 is 6.69. The number of fused-ring (bicyclic) bond motifs is 1. The van der Waals surface area contributed by atoms with Gasteiger partial charge in [0, 0.05) is 28.1 Å². The van der Waals surface area contributed by atoms with Crippen LogP contribution >= 0.6 is 27.5 Å². The SMILES string of the molecule is O=C(NCC1CCN(Cc2ccc(Cl)cc2)CC1)C1=Cc2cc(Br)ccc2OC1. The van der Waals surface area contributed by atoms with Crippen LogP contribution in [0.25, 0.3) is 6.08 Å². The van der Waals surface area contributed by atoms with Crippen molar-refractivity contribution in [2.45, 2.75) is 19.4 Å². The van der Waals surface area contributed by atoms with Gasteiger partial charge in [-0.2, -0.15) is 0 Å². The highest BCUT2D eigenvalue weighted by Crippen LogP contribution is 2.29. The molecule has 0 atom stereocenters. The van der Waals surface area contributed by atoms with Crippen molar-refractivity contribution in [1.29, 1.82) is 0 Å². The number of rotatable bonds is 5. The van der Waals surface area contributed by atoms with Crippen molar-refractivity contribution in [3.63, 3.8) is 0 Å². The van der Waals surface area contributed by atoms with Crippen molar-refractivity contribution in [2.24, 2.45) is 5.92 Å². The second-order valence-corrected chi connectivity index (χ2v) is 9.05. The number of carbonyl (C=O) groups is 1. The Morgan fingerprint density at radius 1 is 1.17 bits per heavy atom. The van der Waals surface area contributed by atoms with Crippen molar-refractivity contribution in [3.05, 3.63) is 68.7 Å². The maximum absolute atomic E-state index is 12.6. The number of piperidine rings is 1. The van der Waals surface area contributed by atoms with E-state index in [0.29, 0.717) is 18.1 Å². The average molecular weight is 476 g/mol. The van der Waals surface area contributed by atoms with Gasteiger partial charge in [-0.15, -0.1) is 0 Å². The number of nitrogens with zero attached hydrogens (tertiary/aromatic N) is 1. The fourth-order valence-corrected chi connectivity index (χ4v) is 4.33. The van der Waals surface area contributed by atoms with Gasteiger partial charge in [-0.1, -0.05) is 39.7 Å². The highest BCUT2D eigenvalue weighted by molar-refractivity contribution is 9.10. The summed E-state index contributed by atoms with van der Waals surface area (Å²) in [5, 5.41) is 3.88. The fourth-order valence-electron chi connectivity index (χ4n) is 3.83. The molecule has 0 aliphatic carbocycles. The smallest absolute Gasteiger partial charge is 0.250 e. The molecule has 152 valence electrons. The Labute approximate surface area is 185 Å². The summed E-state index contributed by atoms with van der Waals surface area (Å²) in [7, 11) is 0. The number of carbonyl (C=O) groups excluding carboxylic acids is 1. The van der Waals surface area contributed by atoms with Crippen LogP contribution in [0.5, 0.6) is 5.75 Å². The van der Waals surface area contributed by atoms with Crippen molar-refractivity contribution >= 4 is 39.5 Å². The first-order chi connectivity index (χ1) is 14.1. The highest BCUT2D eigenvalue weighted by atomic mass is 79.9. The lowest BCUT2D eigenvalue weighted by atomic mass is 9.96. The summed E-state index contributed by atoms with van der Waals surface area (Å²) in [5.74, 6) is 1.31. The van der Waals surface area contributed by atoms with E-state index in [4.69, 9.17) is 16.3 Å². The van der Waals surface area contributed by atoms with E-state index in [1.54, 1.807) is 0 Å². The van der Waals surface area contributed by atoms with E-state index in [-0.39, 0.29) is 5.91 Å². The third kappa shape index (κ3) is 5.41. The molecule has 2 aliphatic rings. The normalized spacial score (nSPS) is 17.2. The number of ether oxygens (including phenoxy) is 1. The minimum absolute atomic E-state index is 0.0285. The molecule has 1 amide bonds. The van der Waals surface area contributed by atoms with Crippen LogP contribution in [0.4, 0.5) is 0 Å². The van der Waals surface area contributed by atoms with Crippen LogP contribution in [-0.2, 0) is 11.3 Å². The molecule has 0 spiro atoms. The Balaban J connectivity index is 1.24. The second kappa shape index (κ2) is 9.33. The van der Waals surface area contributed by atoms with E-state index in [0.717, 1.165) is 59.8 Å². The number of hydrogen-bond acceptors (Lipinski definition) is 3. The maximum Gasteiger partial charge on any atom is 0.250 e. The zero-order valence-corrected chi connectivity index (χ0v) is 18.5. The molecule has 0 aromatic heterocycles. The molecule has 2 aromatic rings. The molecular formula is C23H24BrClN2O2. The molecule has 1 fully saturated rings. The van der Waals surface area contributed by atoms with Crippen molar-refractivity contribution < 1.29 is 9.53 Å². The minimum atomic E-state index is -0.0285. The van der Waals surface area contributed by atoms with Crippen molar-refractivity contribution in [1.82, 2.24) is 10.2 Å². The van der Waals surface area contributed by atoms with E-state index < -0.39 is 0 Å². The van der Waals surface area contributed by atoms with Crippen LogP contribution in [0.1, 0.15) is 24.0 Å². The van der Waals surface area contributed by atoms with Crippen molar-refractivity contribution in [3.8, 4) is 5.75 Å². The highest BCUT2D eigenvalue weighted by Gasteiger charge is 2.22. The predicted molar refractivity (Wildman–Crippen MR) is 120 cm³/mol. The zero-order chi connectivity index (χ0) is 20.2. The molecule has 1 saturated heterocycles. The van der Waals surface area contributed by atoms with Gasteiger partial charge in [0.1, 0.15) is 12.4 Å². The van der Waals surface area contributed by atoms with E-state index in [1.807, 2.05) is 36.4 Å². The van der Waals surface area contributed by atoms with Crippen LogP contribution in [0.15, 0.2) is 52.5 Å². The average Bonchev–Trinajstić information content (AvgIpc) is 2.74. The molecule has 0 saturated carbocycles. The van der Waals surface area contributed by atoms with Gasteiger partial charge in [-0.25, -0.2) is 0 Å². The van der Waals surface area contributed by atoms with E-state index in [1.165, 1.54) is 5.56 Å². The Hall–Kier alpha value is -1.82. The lowest BCUT2D eigenvalue weighted by Gasteiger charge is -2.32. The topological polar surface area (TPSA) is 41.6 Å². The van der Waals surface area contributed by atoms with E-state index in [9.17, 15) is 4.79 Å². The molecule has 2 aromatic carbocycles. The Kier molecular flexibility index (Phi) is 6.58. The van der Waals surface area contributed by atoms with Gasteiger partial charge in [-0.05, 0) is 73.8 Å². The first-order valence-electron chi connectivity index (χ1n) is 9.95. The zero-order valence-electron chi connectivity index (χ0n) is 16.2. The summed E-state index contributed by atoms with van der Waals surface area (Å²) in [6.07, 6.45) is 4.12. The van der Waals surface area contributed by atoms with Gasteiger partial charge in [0.05, 0.1) is 5.57 Å². The number of amides is 1. The largest absolute Gasteiger partial charge is 0.488 e. The van der Waals surface area contributed by atoms with E-state index in [2.05, 4.69) is 38.3 Å². The van der Waals surface area contributed by atoms with Gasteiger partial charge in [0.15, 0.2) is 0 Å². The molecule has 4 rings (SSSR count). The number of halogens is 2. The van der Waals surface area contributed by atoms with Crippen molar-refractivity contribution in [2.75, 3.05) is 26.2 Å². The lowest BCUT2D eigenvalue weighted by molar-refractivity contribution is -0.118. The van der Waals surface area contributed by atoms with Gasteiger partial charge in [-0.3, -0.25) is 9.69 Å². The van der Waals surface area contributed by atoms with Gasteiger partial charge in [0.25, 0.3) is 5.91 Å². The maximum atomic E-state index is 12.6. The second-order valence-electron chi connectivity index (χ2n) is 7.70. The molecule has 0 bridgehead atoms. The molecule has 0 radical (unpaired) electrons. The third-order valence-corrected chi connectivity index (χ3v) is 6.30. The summed E-state index contributed by atoms with van der Waals surface area (Å²) >= 11 is 9.42. The van der Waals surface area contributed by atoms with Crippen LogP contribution in [0, 0.1) is 5.92 Å². The van der Waals surface area contributed by atoms with Crippen LogP contribution < -0.4 is 10.1 Å². The summed E-state index contributed by atoms with van der Waals surface area (Å²) in [4.78, 5) is 15.0. The number of hydrogen-bond donors (Lipinski definition) is 1. The summed E-state index contributed by atoms with van der Waals surface area (Å²) in [5.41, 5.74) is 2.90. The van der Waals surface area contributed by atoms with Crippen LogP contribution in [-0.4, -0.2) is 37.0 Å². The lowest BCUT2D eigenvalue weighted by Crippen LogP contribution is -2.39.